The van der Waals surface area contributed by atoms with Gasteiger partial charge in [0.25, 0.3) is 0 Å². The summed E-state index contributed by atoms with van der Waals surface area (Å²) in [5.41, 5.74) is 0.201. The minimum absolute atomic E-state index is 0.124. The number of nitrogens with one attached hydrogen (secondary N) is 2. The van der Waals surface area contributed by atoms with Crippen LogP contribution in [0.3, 0.4) is 0 Å². The number of guanidine groups is 1. The molecule has 13 heteroatoms. The van der Waals surface area contributed by atoms with Crippen molar-refractivity contribution in [2.75, 3.05) is 0 Å². The van der Waals surface area contributed by atoms with E-state index >= 15 is 0 Å². The number of amidine groups is 1. The van der Waals surface area contributed by atoms with Gasteiger partial charge in [-0.1, -0.05) is 29.3 Å². The van der Waals surface area contributed by atoms with Crippen molar-refractivity contribution < 1.29 is 13.2 Å². The molecule has 126 valence electrons. The molecule has 4 N–H and O–H groups in total. The number of hydrogen-bond donors (Lipinski definition) is 3. The highest BCUT2D eigenvalue weighted by Gasteiger charge is 2.40. The Labute approximate surface area is 151 Å². The van der Waals surface area contributed by atoms with Gasteiger partial charge < -0.3 is 4.72 Å². The molecule has 0 saturated carbocycles. The first-order valence-corrected chi connectivity index (χ1v) is 9.22. The highest BCUT2D eigenvalue weighted by molar-refractivity contribution is 8.14. The second kappa shape index (κ2) is 7.37. The van der Waals surface area contributed by atoms with E-state index in [2.05, 4.69) is 20.0 Å². The predicted molar refractivity (Wildman–Crippen MR) is 92.4 cm³/mol. The first kappa shape index (κ1) is 18.5. The van der Waals surface area contributed by atoms with Crippen molar-refractivity contribution in [1.82, 2.24) is 10.0 Å². The smallest absolute Gasteiger partial charge is 0.238 e. The highest BCUT2D eigenvalue weighted by atomic mass is 35.5. The number of benzene rings is 1. The highest BCUT2D eigenvalue weighted by Crippen LogP contribution is 2.31. The van der Waals surface area contributed by atoms with Crippen LogP contribution in [0.4, 0.5) is 5.69 Å². The van der Waals surface area contributed by atoms with Crippen LogP contribution in [0.25, 0.3) is 0 Å². The first-order valence-electron chi connectivity index (χ1n) is 5.98. The Hall–Kier alpha value is -1.84. The van der Waals surface area contributed by atoms with Gasteiger partial charge in [0.15, 0.2) is 12.0 Å². The molecule has 1 atom stereocenters. The molecule has 0 bridgehead atoms. The van der Waals surface area contributed by atoms with Gasteiger partial charge in [0.05, 0.1) is 15.7 Å². The number of nitriles is 1. The molecule has 1 saturated heterocycles. The maximum atomic E-state index is 12.0. The summed E-state index contributed by atoms with van der Waals surface area (Å²) in [6.07, 6.45) is 1.60. The van der Waals surface area contributed by atoms with E-state index < -0.39 is 20.4 Å². The minimum atomic E-state index is -4.10. The Morgan fingerprint density at radius 3 is 2.75 bits per heavy atom. The van der Waals surface area contributed by atoms with Gasteiger partial charge in [-0.3, -0.25) is 10.1 Å². The van der Waals surface area contributed by atoms with Gasteiger partial charge in [0.2, 0.25) is 26.3 Å². The number of primary sulfonamides is 1. The molecular weight excluding hydrogens is 399 g/mol. The number of ketones is 1. The summed E-state index contributed by atoms with van der Waals surface area (Å²) < 4.78 is 23.5. The molecule has 1 aliphatic heterocycles. The third-order valence-electron chi connectivity index (χ3n) is 2.55. The number of carbonyl (C=O) groups is 1. The molecule has 24 heavy (non-hydrogen) atoms. The molecular formula is C11H8Cl2N6O3S2. The van der Waals surface area contributed by atoms with Gasteiger partial charge in [-0.15, -0.1) is 0 Å². The average molecular weight is 407 g/mol. The number of halogens is 2. The average Bonchev–Trinajstić information content (AvgIpc) is 2.85. The zero-order valence-corrected chi connectivity index (χ0v) is 14.7. The van der Waals surface area contributed by atoms with Crippen molar-refractivity contribution in [1.29, 1.82) is 5.26 Å². The van der Waals surface area contributed by atoms with Gasteiger partial charge in [-0.2, -0.15) is 10.3 Å². The van der Waals surface area contributed by atoms with Crippen LogP contribution in [0.2, 0.25) is 10.0 Å². The fourth-order valence-corrected chi connectivity index (χ4v) is 3.56. The summed E-state index contributed by atoms with van der Waals surface area (Å²) in [5, 5.41) is 16.2. The number of nitrogens with two attached hydrogens (primary N) is 1. The maximum Gasteiger partial charge on any atom is 0.238 e. The van der Waals surface area contributed by atoms with Gasteiger partial charge in [-0.25, -0.2) is 18.5 Å². The third kappa shape index (κ3) is 4.16. The summed E-state index contributed by atoms with van der Waals surface area (Å²) in [7, 11) is -4.10. The molecule has 1 aromatic rings. The largest absolute Gasteiger partial charge is 0.310 e. The maximum absolute atomic E-state index is 12.0. The Morgan fingerprint density at radius 1 is 1.46 bits per heavy atom. The molecule has 1 aliphatic rings. The molecule has 1 aromatic carbocycles. The van der Waals surface area contributed by atoms with Crippen LogP contribution in [-0.2, 0) is 14.8 Å². The molecule has 1 fully saturated rings. The zero-order chi connectivity index (χ0) is 17.9. The normalized spacial score (nSPS) is 19.9. The number of hydrogen-bond acceptors (Lipinski definition) is 6. The fraction of sp³-hybridized carbons (Fsp3) is 0.0909. The molecule has 1 unspecified atom stereocenters. The van der Waals surface area contributed by atoms with E-state index in [1.807, 2.05) is 0 Å². The molecule has 9 nitrogen and oxygen atoms in total. The van der Waals surface area contributed by atoms with E-state index in [0.717, 1.165) is 0 Å². The number of rotatable bonds is 2. The quantitative estimate of drug-likeness (QED) is 0.217. The first-order chi connectivity index (χ1) is 11.2. The van der Waals surface area contributed by atoms with Crippen LogP contribution in [0.5, 0.6) is 0 Å². The van der Waals surface area contributed by atoms with Crippen LogP contribution < -0.4 is 15.2 Å². The SMILES string of the molecule is N#CNC(=Nc1cccc(Cl)c1Cl)/N=C1\NSC(S(N)(=O)=O)C1=O. The third-order valence-corrected chi connectivity index (χ3v) is 6.00. The van der Waals surface area contributed by atoms with E-state index in [1.165, 1.54) is 6.07 Å². The van der Waals surface area contributed by atoms with Crippen molar-refractivity contribution in [2.24, 2.45) is 15.1 Å². The zero-order valence-electron chi connectivity index (χ0n) is 11.5. The van der Waals surface area contributed by atoms with E-state index in [1.54, 1.807) is 18.3 Å². The Morgan fingerprint density at radius 2 is 2.17 bits per heavy atom. The summed E-state index contributed by atoms with van der Waals surface area (Å²) in [5.74, 6) is -1.46. The lowest BCUT2D eigenvalue weighted by atomic mass is 10.3. The van der Waals surface area contributed by atoms with Crippen LogP contribution in [0.1, 0.15) is 0 Å². The topological polar surface area (TPSA) is 150 Å². The number of nitrogens with zero attached hydrogens (tertiary/aromatic N) is 3. The summed E-state index contributed by atoms with van der Waals surface area (Å²) >= 11 is 12.4. The molecule has 0 aliphatic carbocycles. The standard InChI is InChI=1S/C11H8Cl2N6O3S2/c12-5-2-1-3-6(7(5)13)17-11(16-4-14)18-9-8(20)10(23-19-9)24(15,21)22/h1-3,10H,(H2,15,21,22)(H2,16,17,18,19). The number of carbonyl (C=O) groups excluding carboxylic acids is 1. The van der Waals surface area contributed by atoms with Crippen LogP contribution in [0.15, 0.2) is 28.2 Å². The fourth-order valence-electron chi connectivity index (χ4n) is 1.55. The summed E-state index contributed by atoms with van der Waals surface area (Å²) in [4.78, 5) is 19.8. The second-order valence-electron chi connectivity index (χ2n) is 4.21. The van der Waals surface area contributed by atoms with Crippen molar-refractivity contribution in [3.05, 3.63) is 28.2 Å². The summed E-state index contributed by atoms with van der Waals surface area (Å²) in [6, 6.07) is 4.64. The van der Waals surface area contributed by atoms with Crippen molar-refractivity contribution >= 4 is 68.4 Å². The molecule has 0 amide bonds. The lowest BCUT2D eigenvalue weighted by molar-refractivity contribution is -0.111. The Bertz CT molecular complexity index is 894. The summed E-state index contributed by atoms with van der Waals surface area (Å²) in [6.45, 7) is 0. The monoisotopic (exact) mass is 406 g/mol. The molecule has 1 heterocycles. The van der Waals surface area contributed by atoms with Crippen molar-refractivity contribution in [2.45, 2.75) is 4.58 Å². The van der Waals surface area contributed by atoms with E-state index in [9.17, 15) is 13.2 Å². The predicted octanol–water partition coefficient (Wildman–Crippen LogP) is 0.885. The molecule has 0 aromatic heterocycles. The molecule has 0 radical (unpaired) electrons. The number of Topliss-reactive ketones (excluding diaryl/α,β-unsaturated/α-hetero) is 1. The number of aliphatic imine (C=N–C) groups is 2. The Kier molecular flexibility index (Phi) is 5.68. The van der Waals surface area contributed by atoms with Crippen LogP contribution in [0, 0.1) is 11.5 Å². The minimum Gasteiger partial charge on any atom is -0.310 e. The lowest BCUT2D eigenvalue weighted by Gasteiger charge is -2.03. The van der Waals surface area contributed by atoms with E-state index in [4.69, 9.17) is 33.6 Å². The van der Waals surface area contributed by atoms with Crippen LogP contribution >= 0.6 is 35.1 Å². The lowest BCUT2D eigenvalue weighted by Crippen LogP contribution is -2.33. The van der Waals surface area contributed by atoms with Gasteiger partial charge >= 0.3 is 0 Å². The molecule has 0 spiro atoms. The van der Waals surface area contributed by atoms with Crippen molar-refractivity contribution in [3.8, 4) is 6.19 Å². The number of sulfonamides is 1. The van der Waals surface area contributed by atoms with Gasteiger partial charge in [0, 0.05) is 0 Å². The van der Waals surface area contributed by atoms with Gasteiger partial charge in [0.1, 0.15) is 0 Å². The van der Waals surface area contributed by atoms with E-state index in [-0.39, 0.29) is 27.5 Å². The van der Waals surface area contributed by atoms with Crippen molar-refractivity contribution in [3.63, 3.8) is 0 Å². The van der Waals surface area contributed by atoms with Crippen LogP contribution in [-0.4, -0.2) is 30.6 Å². The van der Waals surface area contributed by atoms with Gasteiger partial charge in [-0.05, 0) is 24.1 Å². The molecule has 2 rings (SSSR count). The van der Waals surface area contributed by atoms with E-state index in [0.29, 0.717) is 11.9 Å². The second-order valence-corrected chi connectivity index (χ2v) is 7.85. The Balaban J connectivity index is 2.39.